The summed E-state index contributed by atoms with van der Waals surface area (Å²) in [6.07, 6.45) is -0.966. The molecule has 1 saturated heterocycles. The van der Waals surface area contributed by atoms with Crippen LogP contribution in [0.1, 0.15) is 25.5 Å². The molecule has 0 radical (unpaired) electrons. The molecule has 0 unspecified atom stereocenters. The molecule has 1 heterocycles. The highest BCUT2D eigenvalue weighted by Gasteiger charge is 2.26. The third-order valence-corrected chi connectivity index (χ3v) is 4.68. The topological polar surface area (TPSA) is 46.9 Å². The lowest BCUT2D eigenvalue weighted by Crippen LogP contribution is -2.54. The monoisotopic (exact) mass is 346 g/mol. The number of aliphatic hydroxyl groups excluding tert-OH is 2. The van der Waals surface area contributed by atoms with Crippen molar-refractivity contribution < 1.29 is 10.2 Å². The summed E-state index contributed by atoms with van der Waals surface area (Å²) in [7, 11) is 0. The molecule has 0 aliphatic carbocycles. The number of piperazine rings is 1. The number of rotatable bonds is 5. The summed E-state index contributed by atoms with van der Waals surface area (Å²) >= 11 is 12.1. The number of β-amino-alcohol motifs (C(OH)–C–C–N with tert-alkyl or cyclic N) is 2. The molecule has 4 nitrogen and oxygen atoms in total. The van der Waals surface area contributed by atoms with Crippen molar-refractivity contribution in [2.75, 3.05) is 32.7 Å². The summed E-state index contributed by atoms with van der Waals surface area (Å²) in [6, 6.07) is 5.51. The van der Waals surface area contributed by atoms with Crippen LogP contribution in [0.25, 0.3) is 0 Å². The van der Waals surface area contributed by atoms with E-state index < -0.39 is 6.10 Å². The van der Waals surface area contributed by atoms with Crippen LogP contribution in [0.15, 0.2) is 18.2 Å². The molecule has 124 valence electrons. The summed E-state index contributed by atoms with van der Waals surface area (Å²) in [5, 5.41) is 21.1. The van der Waals surface area contributed by atoms with Gasteiger partial charge in [-0.1, -0.05) is 23.2 Å². The van der Waals surface area contributed by atoms with Gasteiger partial charge in [0.2, 0.25) is 0 Å². The summed E-state index contributed by atoms with van der Waals surface area (Å²) < 4.78 is 0. The van der Waals surface area contributed by atoms with Crippen molar-refractivity contribution in [3.05, 3.63) is 33.8 Å². The molecule has 22 heavy (non-hydrogen) atoms. The van der Waals surface area contributed by atoms with E-state index >= 15 is 0 Å². The Morgan fingerprint density at radius 3 is 2.59 bits per heavy atom. The second kappa shape index (κ2) is 7.95. The van der Waals surface area contributed by atoms with Crippen LogP contribution in [-0.2, 0) is 0 Å². The van der Waals surface area contributed by atoms with Gasteiger partial charge in [0.1, 0.15) is 0 Å². The normalized spacial score (nSPS) is 23.5. The molecule has 1 aromatic rings. The van der Waals surface area contributed by atoms with Gasteiger partial charge in [-0.2, -0.15) is 0 Å². The number of halogens is 2. The van der Waals surface area contributed by atoms with Crippen LogP contribution in [0, 0.1) is 0 Å². The zero-order chi connectivity index (χ0) is 16.3. The van der Waals surface area contributed by atoms with Crippen molar-refractivity contribution in [2.45, 2.75) is 32.1 Å². The number of nitrogens with zero attached hydrogens (tertiary/aromatic N) is 2. The van der Waals surface area contributed by atoms with E-state index in [1.807, 2.05) is 6.92 Å². The lowest BCUT2D eigenvalue weighted by atomic mass is 10.1. The van der Waals surface area contributed by atoms with E-state index in [-0.39, 0.29) is 6.10 Å². The van der Waals surface area contributed by atoms with E-state index in [1.54, 1.807) is 18.2 Å². The van der Waals surface area contributed by atoms with Gasteiger partial charge in [-0.3, -0.25) is 9.80 Å². The Morgan fingerprint density at radius 2 is 1.95 bits per heavy atom. The maximum atomic E-state index is 10.4. The molecule has 2 N–H and O–H groups in total. The van der Waals surface area contributed by atoms with Gasteiger partial charge in [0, 0.05) is 54.4 Å². The van der Waals surface area contributed by atoms with Gasteiger partial charge >= 0.3 is 0 Å². The fraction of sp³-hybridized carbons (Fsp3) is 0.625. The average Bonchev–Trinajstić information content (AvgIpc) is 2.44. The first-order valence-electron chi connectivity index (χ1n) is 7.64. The van der Waals surface area contributed by atoms with Crippen LogP contribution in [-0.4, -0.2) is 64.9 Å². The predicted molar refractivity (Wildman–Crippen MR) is 90.6 cm³/mol. The van der Waals surface area contributed by atoms with Gasteiger partial charge < -0.3 is 10.2 Å². The Hall–Kier alpha value is -0.360. The molecule has 0 bridgehead atoms. The minimum Gasteiger partial charge on any atom is -0.392 e. The molecule has 3 atom stereocenters. The number of hydrogen-bond acceptors (Lipinski definition) is 4. The Bertz CT molecular complexity index is 499. The fourth-order valence-electron chi connectivity index (χ4n) is 2.96. The SMILES string of the molecule is C[C@H](O)CN1CCN(C[C@H](O)c2cc(Cl)ccc2Cl)C[C@@H]1C. The second-order valence-electron chi connectivity index (χ2n) is 6.13. The predicted octanol–water partition coefficient (Wildman–Crippen LogP) is 2.41. The molecular weight excluding hydrogens is 323 g/mol. The standard InChI is InChI=1S/C16H24Cl2N2O2/c1-11-8-19(5-6-20(11)9-12(2)21)10-16(22)14-7-13(17)3-4-15(14)18/h3-4,7,11-12,16,21-22H,5-6,8-10H2,1-2H3/t11-,12-,16-/m0/s1. The van der Waals surface area contributed by atoms with Crippen LogP contribution in [0.2, 0.25) is 10.0 Å². The molecule has 0 amide bonds. The van der Waals surface area contributed by atoms with E-state index in [0.717, 1.165) is 19.6 Å². The molecule has 1 aliphatic rings. The third-order valence-electron chi connectivity index (χ3n) is 4.10. The van der Waals surface area contributed by atoms with Crippen molar-refractivity contribution in [2.24, 2.45) is 0 Å². The van der Waals surface area contributed by atoms with Crippen molar-refractivity contribution in [1.29, 1.82) is 0 Å². The van der Waals surface area contributed by atoms with Gasteiger partial charge in [0.05, 0.1) is 12.2 Å². The number of hydrogen-bond donors (Lipinski definition) is 2. The molecule has 0 spiro atoms. The van der Waals surface area contributed by atoms with Crippen molar-refractivity contribution in [3.8, 4) is 0 Å². The molecule has 1 fully saturated rings. The first-order valence-corrected chi connectivity index (χ1v) is 8.40. The number of aliphatic hydroxyl groups is 2. The van der Waals surface area contributed by atoms with E-state index in [2.05, 4.69) is 16.7 Å². The Kier molecular flexibility index (Phi) is 6.50. The first kappa shape index (κ1) is 18.0. The van der Waals surface area contributed by atoms with Gasteiger partial charge in [-0.25, -0.2) is 0 Å². The fourth-order valence-corrected chi connectivity index (χ4v) is 3.38. The molecular formula is C16H24Cl2N2O2. The maximum Gasteiger partial charge on any atom is 0.0931 e. The van der Waals surface area contributed by atoms with Crippen LogP contribution >= 0.6 is 23.2 Å². The largest absolute Gasteiger partial charge is 0.392 e. The lowest BCUT2D eigenvalue weighted by Gasteiger charge is -2.41. The van der Waals surface area contributed by atoms with Crippen molar-refractivity contribution in [3.63, 3.8) is 0 Å². The van der Waals surface area contributed by atoms with Gasteiger partial charge in [0.15, 0.2) is 0 Å². The minimum absolute atomic E-state index is 0.315. The van der Waals surface area contributed by atoms with Crippen LogP contribution in [0.5, 0.6) is 0 Å². The van der Waals surface area contributed by atoms with Crippen molar-refractivity contribution in [1.82, 2.24) is 9.80 Å². The zero-order valence-electron chi connectivity index (χ0n) is 13.0. The van der Waals surface area contributed by atoms with Crippen LogP contribution in [0.4, 0.5) is 0 Å². The second-order valence-corrected chi connectivity index (χ2v) is 6.98. The third kappa shape index (κ3) is 4.82. The molecule has 1 aromatic carbocycles. The maximum absolute atomic E-state index is 10.4. The van der Waals surface area contributed by atoms with Gasteiger partial charge in [-0.15, -0.1) is 0 Å². The smallest absolute Gasteiger partial charge is 0.0931 e. The van der Waals surface area contributed by atoms with Crippen LogP contribution in [0.3, 0.4) is 0 Å². The summed E-state index contributed by atoms with van der Waals surface area (Å²) in [5.41, 5.74) is 0.674. The van der Waals surface area contributed by atoms with Gasteiger partial charge in [0.25, 0.3) is 0 Å². The minimum atomic E-state index is -0.651. The molecule has 0 aromatic heterocycles. The highest BCUT2D eigenvalue weighted by molar-refractivity contribution is 6.33. The zero-order valence-corrected chi connectivity index (χ0v) is 14.6. The van der Waals surface area contributed by atoms with E-state index in [1.165, 1.54) is 0 Å². The van der Waals surface area contributed by atoms with Crippen LogP contribution < -0.4 is 0 Å². The number of benzene rings is 1. The Morgan fingerprint density at radius 1 is 1.23 bits per heavy atom. The van der Waals surface area contributed by atoms with E-state index in [9.17, 15) is 10.2 Å². The first-order chi connectivity index (χ1) is 10.4. The molecule has 2 rings (SSSR count). The molecule has 1 aliphatic heterocycles. The van der Waals surface area contributed by atoms with Crippen molar-refractivity contribution >= 4 is 23.2 Å². The van der Waals surface area contributed by atoms with Gasteiger partial charge in [-0.05, 0) is 32.0 Å². The highest BCUT2D eigenvalue weighted by atomic mass is 35.5. The van der Waals surface area contributed by atoms with E-state index in [0.29, 0.717) is 34.7 Å². The quantitative estimate of drug-likeness (QED) is 0.859. The Balaban J connectivity index is 1.93. The van der Waals surface area contributed by atoms with E-state index in [4.69, 9.17) is 23.2 Å². The highest BCUT2D eigenvalue weighted by Crippen LogP contribution is 2.27. The Labute approximate surface area is 142 Å². The molecule has 0 saturated carbocycles. The summed E-state index contributed by atoms with van der Waals surface area (Å²) in [6.45, 7) is 7.80. The summed E-state index contributed by atoms with van der Waals surface area (Å²) in [5.74, 6) is 0. The average molecular weight is 347 g/mol. The summed E-state index contributed by atoms with van der Waals surface area (Å²) in [4.78, 5) is 4.50. The molecule has 6 heteroatoms. The lowest BCUT2D eigenvalue weighted by molar-refractivity contribution is 0.0240.